The molecule has 3 N–H and O–H groups in total. The summed E-state index contributed by atoms with van der Waals surface area (Å²) < 4.78 is 7.43. The molecule has 134 valence electrons. The van der Waals surface area contributed by atoms with Crippen LogP contribution < -0.4 is 15.8 Å². The largest absolute Gasteiger partial charge is 0.482 e. The van der Waals surface area contributed by atoms with Crippen molar-refractivity contribution < 1.29 is 9.53 Å². The average Bonchev–Trinajstić information content (AvgIpc) is 2.90. The molecule has 2 heterocycles. The normalized spacial score (nSPS) is 26.8. The number of aliphatic imine (C=N–C) groups is 1. The fourth-order valence-electron chi connectivity index (χ4n) is 4.07. The molecule has 2 aliphatic heterocycles. The van der Waals surface area contributed by atoms with Crippen LogP contribution in [0.25, 0.3) is 0 Å². The first-order valence-corrected chi connectivity index (χ1v) is 9.50. The Morgan fingerprint density at radius 3 is 2.69 bits per heavy atom. The molecule has 0 aliphatic carbocycles. The number of benzene rings is 2. The topological polar surface area (TPSA) is 76.7 Å². The van der Waals surface area contributed by atoms with E-state index >= 15 is 0 Å². The molecule has 0 saturated carbocycles. The third-order valence-electron chi connectivity index (χ3n) is 5.12. The van der Waals surface area contributed by atoms with Crippen LogP contribution in [0, 0.1) is 0 Å². The highest BCUT2D eigenvalue weighted by Crippen LogP contribution is 2.53. The van der Waals surface area contributed by atoms with Crippen LogP contribution in [-0.2, 0) is 15.9 Å². The molecule has 26 heavy (non-hydrogen) atoms. The van der Waals surface area contributed by atoms with Crippen LogP contribution in [0.1, 0.15) is 37.3 Å². The number of hydrogen-bond acceptors (Lipinski definition) is 4. The van der Waals surface area contributed by atoms with E-state index in [0.29, 0.717) is 12.2 Å². The maximum absolute atomic E-state index is 13.0. The van der Waals surface area contributed by atoms with Crippen LogP contribution in [0.5, 0.6) is 5.75 Å². The number of carbonyl (C=O) groups excluding carboxylic acids is 1. The molecular weight excluding hydrogens is 394 g/mol. The minimum Gasteiger partial charge on any atom is -0.482 e. The van der Waals surface area contributed by atoms with Crippen molar-refractivity contribution in [2.45, 2.75) is 37.3 Å². The fourth-order valence-corrected chi connectivity index (χ4v) is 4.43. The number of hydrogen-bond donors (Lipinski definition) is 2. The van der Waals surface area contributed by atoms with E-state index < -0.39 is 11.1 Å². The minimum atomic E-state index is -1.08. The molecule has 0 radical (unpaired) electrons. The maximum atomic E-state index is 13.0. The predicted molar refractivity (Wildman–Crippen MR) is 104 cm³/mol. The van der Waals surface area contributed by atoms with E-state index in [1.807, 2.05) is 48.5 Å². The third-order valence-corrected chi connectivity index (χ3v) is 5.61. The van der Waals surface area contributed by atoms with Gasteiger partial charge in [0.2, 0.25) is 0 Å². The Bertz CT molecular complexity index is 899. The minimum absolute atomic E-state index is 0.154. The fraction of sp³-hybridized carbons (Fsp3) is 0.300. The van der Waals surface area contributed by atoms with Crippen molar-refractivity contribution in [2.75, 3.05) is 0 Å². The summed E-state index contributed by atoms with van der Waals surface area (Å²) in [5.74, 6) is 0.626. The van der Waals surface area contributed by atoms with Gasteiger partial charge in [-0.2, -0.15) is 0 Å². The van der Waals surface area contributed by atoms with Crippen molar-refractivity contribution in [1.29, 1.82) is 0 Å². The van der Waals surface area contributed by atoms with Gasteiger partial charge in [0.05, 0.1) is 0 Å². The summed E-state index contributed by atoms with van der Waals surface area (Å²) in [7, 11) is 0. The molecule has 2 atom stereocenters. The number of amides is 1. The lowest BCUT2D eigenvalue weighted by Gasteiger charge is -2.45. The molecule has 4 rings (SSSR count). The third kappa shape index (κ3) is 2.51. The highest BCUT2D eigenvalue weighted by Gasteiger charge is 2.56. The summed E-state index contributed by atoms with van der Waals surface area (Å²) >= 11 is 3.49. The number of nitrogens with two attached hydrogens (primary N) is 1. The smallest absolute Gasteiger partial charge is 0.259 e. The van der Waals surface area contributed by atoms with Gasteiger partial charge in [-0.15, -0.1) is 0 Å². The van der Waals surface area contributed by atoms with Crippen LogP contribution in [0.15, 0.2) is 58.0 Å². The van der Waals surface area contributed by atoms with Gasteiger partial charge in [-0.25, -0.2) is 4.99 Å². The van der Waals surface area contributed by atoms with E-state index in [9.17, 15) is 4.79 Å². The van der Waals surface area contributed by atoms with E-state index in [2.05, 4.69) is 33.2 Å². The first kappa shape index (κ1) is 17.1. The highest BCUT2D eigenvalue weighted by atomic mass is 79.9. The zero-order valence-corrected chi connectivity index (χ0v) is 16.0. The lowest BCUT2D eigenvalue weighted by Crippen LogP contribution is -2.50. The van der Waals surface area contributed by atoms with Gasteiger partial charge in [0, 0.05) is 16.5 Å². The van der Waals surface area contributed by atoms with Crippen molar-refractivity contribution in [3.63, 3.8) is 0 Å². The summed E-state index contributed by atoms with van der Waals surface area (Å²) in [6.45, 7) is 2.12. The molecule has 1 amide bonds. The summed E-state index contributed by atoms with van der Waals surface area (Å²) in [6, 6.07) is 15.8. The molecule has 0 fully saturated rings. The molecule has 2 aromatic carbocycles. The van der Waals surface area contributed by atoms with Gasteiger partial charge >= 0.3 is 0 Å². The Morgan fingerprint density at radius 1 is 1.27 bits per heavy atom. The summed E-state index contributed by atoms with van der Waals surface area (Å²) in [6.07, 6.45) is 2.10. The Balaban J connectivity index is 1.96. The second-order valence-electron chi connectivity index (χ2n) is 6.84. The quantitative estimate of drug-likeness (QED) is 0.807. The number of nitrogens with zero attached hydrogens (tertiary/aromatic N) is 1. The van der Waals surface area contributed by atoms with E-state index in [-0.39, 0.29) is 11.9 Å². The van der Waals surface area contributed by atoms with Crippen LogP contribution >= 0.6 is 15.9 Å². The van der Waals surface area contributed by atoms with E-state index in [4.69, 9.17) is 10.5 Å². The molecule has 0 bridgehead atoms. The van der Waals surface area contributed by atoms with Crippen molar-refractivity contribution in [1.82, 2.24) is 5.32 Å². The molecule has 0 aromatic heterocycles. The molecule has 5 nitrogen and oxygen atoms in total. The second kappa shape index (κ2) is 6.13. The number of fused-ring (bicyclic) bond motifs is 2. The first-order chi connectivity index (χ1) is 12.5. The highest BCUT2D eigenvalue weighted by molar-refractivity contribution is 9.10. The Morgan fingerprint density at radius 2 is 2.04 bits per heavy atom. The van der Waals surface area contributed by atoms with Crippen LogP contribution in [-0.4, -0.2) is 11.9 Å². The van der Waals surface area contributed by atoms with Gasteiger partial charge in [-0.1, -0.05) is 59.6 Å². The number of ether oxygens (including phenoxy) is 1. The second-order valence-corrected chi connectivity index (χ2v) is 7.76. The molecule has 0 saturated heterocycles. The van der Waals surface area contributed by atoms with Gasteiger partial charge < -0.3 is 10.5 Å². The first-order valence-electron chi connectivity index (χ1n) is 8.70. The Hall–Kier alpha value is -2.34. The van der Waals surface area contributed by atoms with Gasteiger partial charge in [0.15, 0.2) is 11.5 Å². The molecular formula is C20H20BrN3O2. The van der Waals surface area contributed by atoms with Gasteiger partial charge in [0.1, 0.15) is 11.4 Å². The SMILES string of the molecule is CCC[C@]1(c2ccccc2)C[C@]2(N=C(N)NC2=O)c2cc(Br)ccc2O1. The number of nitrogens with one attached hydrogen (secondary N) is 1. The number of guanidine groups is 1. The number of rotatable bonds is 3. The molecule has 1 spiro atoms. The van der Waals surface area contributed by atoms with E-state index in [0.717, 1.165) is 28.4 Å². The summed E-state index contributed by atoms with van der Waals surface area (Å²) in [5, 5.41) is 2.69. The van der Waals surface area contributed by atoms with Crippen molar-refractivity contribution in [3.8, 4) is 5.75 Å². The Labute approximate surface area is 160 Å². The maximum Gasteiger partial charge on any atom is 0.259 e. The number of carbonyl (C=O) groups is 1. The number of halogens is 1. The standard InChI is InChI=1S/C20H20BrN3O2/c1-2-10-19(13-6-4-3-5-7-13)12-20(17(25)23-18(22)24-20)15-11-14(21)8-9-16(15)26-19/h3-9,11H,2,10,12H2,1H3,(H3,22,23,24,25)/t19-,20+/m1/s1. The molecule has 0 unspecified atom stereocenters. The van der Waals surface area contributed by atoms with Crippen LogP contribution in [0.3, 0.4) is 0 Å². The summed E-state index contributed by atoms with van der Waals surface area (Å²) in [4.78, 5) is 17.6. The van der Waals surface area contributed by atoms with Gasteiger partial charge in [0.25, 0.3) is 5.91 Å². The van der Waals surface area contributed by atoms with Crippen molar-refractivity contribution in [3.05, 3.63) is 64.1 Å². The lowest BCUT2D eigenvalue weighted by atomic mass is 9.72. The van der Waals surface area contributed by atoms with Crippen LogP contribution in [0.4, 0.5) is 0 Å². The monoisotopic (exact) mass is 413 g/mol. The van der Waals surface area contributed by atoms with Crippen molar-refractivity contribution in [2.24, 2.45) is 10.7 Å². The predicted octanol–water partition coefficient (Wildman–Crippen LogP) is 3.57. The average molecular weight is 414 g/mol. The molecule has 2 aliphatic rings. The van der Waals surface area contributed by atoms with Crippen molar-refractivity contribution >= 4 is 27.8 Å². The summed E-state index contributed by atoms with van der Waals surface area (Å²) in [5.41, 5.74) is 5.97. The van der Waals surface area contributed by atoms with Gasteiger partial charge in [-0.3, -0.25) is 10.1 Å². The van der Waals surface area contributed by atoms with Crippen LogP contribution in [0.2, 0.25) is 0 Å². The zero-order valence-electron chi connectivity index (χ0n) is 14.5. The lowest BCUT2D eigenvalue weighted by molar-refractivity contribution is -0.128. The molecule has 6 heteroatoms. The van der Waals surface area contributed by atoms with E-state index in [1.165, 1.54) is 0 Å². The Kier molecular flexibility index (Phi) is 4.03. The van der Waals surface area contributed by atoms with E-state index in [1.54, 1.807) is 0 Å². The molecule has 2 aromatic rings. The zero-order chi connectivity index (χ0) is 18.4. The van der Waals surface area contributed by atoms with Gasteiger partial charge in [-0.05, 0) is 30.2 Å².